The molecule has 2 aromatic rings. The summed E-state index contributed by atoms with van der Waals surface area (Å²) in [5.74, 6) is -1.68. The Kier molecular flexibility index (Phi) is 10.8. The molecular formula is C32H41O19+. The highest BCUT2D eigenvalue weighted by Gasteiger charge is 2.52. The Labute approximate surface area is 288 Å². The molecule has 0 bridgehead atoms. The Morgan fingerprint density at radius 3 is 2.18 bits per heavy atom. The Balaban J connectivity index is 1.33. The topological polar surface area (TPSA) is 311 Å². The summed E-state index contributed by atoms with van der Waals surface area (Å²) in [5.41, 5.74) is 0.317. The fourth-order valence-corrected chi connectivity index (χ4v) is 6.15. The van der Waals surface area contributed by atoms with Crippen molar-refractivity contribution in [3.63, 3.8) is 0 Å². The van der Waals surface area contributed by atoms with Crippen LogP contribution < -0.4 is 0 Å². The van der Waals surface area contributed by atoms with Crippen LogP contribution in [-0.2, 0) is 28.4 Å². The zero-order valence-corrected chi connectivity index (χ0v) is 26.8. The number of phenols is 4. The van der Waals surface area contributed by atoms with Gasteiger partial charge >= 0.3 is 0 Å². The smallest absolute Gasteiger partial charge is 0.270 e. The summed E-state index contributed by atoms with van der Waals surface area (Å²) in [6.07, 6.45) is -22.4. The van der Waals surface area contributed by atoms with Crippen molar-refractivity contribution >= 4 is 6.08 Å². The van der Waals surface area contributed by atoms with Gasteiger partial charge in [-0.25, -0.2) is 0 Å². The molecule has 3 fully saturated rings. The zero-order chi connectivity index (χ0) is 36.9. The van der Waals surface area contributed by atoms with Crippen molar-refractivity contribution < 1.29 is 94.4 Å². The van der Waals surface area contributed by atoms with Crippen LogP contribution in [0.4, 0.5) is 0 Å². The second-order valence-corrected chi connectivity index (χ2v) is 12.7. The molecule has 282 valence electrons. The molecular weight excluding hydrogens is 688 g/mol. The van der Waals surface area contributed by atoms with E-state index in [1.165, 1.54) is 37.3 Å². The van der Waals surface area contributed by atoms with Crippen molar-refractivity contribution in [1.29, 1.82) is 0 Å². The molecule has 0 radical (unpaired) electrons. The van der Waals surface area contributed by atoms with Crippen LogP contribution in [-0.4, -0.2) is 165 Å². The standard InChI is InChI=1S/C32H40O19/c1-10-21(38)24(41)27(44)30(47-10)46-9-20-23(40)25(42)29(51-31-26(43)22(39)17(37)8-45-31)32(50-20)49-19-7-13-15(35)5-12(33)6-18(13)48-28(19)11-2-3-14(34)16(36)4-11/h2-7,10,17,20-44H,8-9H2,1H3/p+1/t10-,17-,20+,21-,22-,23+,24-,25-,26-,27-,28?,29-,30+,31-,32-/m0/s1. The van der Waals surface area contributed by atoms with E-state index >= 15 is 0 Å². The number of aromatic hydroxyl groups is 5. The first-order valence-corrected chi connectivity index (χ1v) is 16.0. The number of phenolic OH excluding ortho intramolecular Hbond substituents is 4. The average Bonchev–Trinajstić information content (AvgIpc) is 3.09. The average molecular weight is 730 g/mol. The van der Waals surface area contributed by atoms with Gasteiger partial charge in [0.1, 0.15) is 72.0 Å². The number of aliphatic hydroxyl groups excluding tert-OH is 8. The third kappa shape index (κ3) is 7.39. The molecule has 0 aliphatic carbocycles. The van der Waals surface area contributed by atoms with Gasteiger partial charge in [-0.15, -0.1) is 0 Å². The van der Waals surface area contributed by atoms with Gasteiger partial charge in [0.25, 0.3) is 11.9 Å². The van der Waals surface area contributed by atoms with E-state index in [0.29, 0.717) is 0 Å². The van der Waals surface area contributed by atoms with Gasteiger partial charge in [0.2, 0.25) is 6.29 Å². The Hall–Kier alpha value is -3.54. The monoisotopic (exact) mass is 729 g/mol. The van der Waals surface area contributed by atoms with Crippen LogP contribution >= 0.6 is 0 Å². The maximum absolute atomic E-state index is 11.4. The molecule has 0 spiro atoms. The van der Waals surface area contributed by atoms with E-state index in [2.05, 4.69) is 4.74 Å². The van der Waals surface area contributed by atoms with Gasteiger partial charge < -0.3 is 94.4 Å². The van der Waals surface area contributed by atoms with Crippen LogP contribution in [0.5, 0.6) is 28.7 Å². The van der Waals surface area contributed by atoms with Gasteiger partial charge in [0, 0.05) is 12.1 Å². The molecule has 51 heavy (non-hydrogen) atoms. The van der Waals surface area contributed by atoms with Crippen molar-refractivity contribution in [3.05, 3.63) is 47.2 Å². The lowest BCUT2D eigenvalue weighted by atomic mass is 9.97. The molecule has 0 amide bonds. The van der Waals surface area contributed by atoms with E-state index in [0.717, 1.165) is 6.07 Å². The van der Waals surface area contributed by atoms with Crippen molar-refractivity contribution in [2.75, 3.05) is 13.2 Å². The molecule has 2 aromatic carbocycles. The molecule has 4 aliphatic heterocycles. The van der Waals surface area contributed by atoms with Gasteiger partial charge in [0.15, 0.2) is 35.9 Å². The highest BCUT2D eigenvalue weighted by molar-refractivity contribution is 5.69. The fourth-order valence-electron chi connectivity index (χ4n) is 6.15. The van der Waals surface area contributed by atoms with E-state index in [-0.39, 0.29) is 28.4 Å². The highest BCUT2D eigenvalue weighted by Crippen LogP contribution is 2.46. The maximum Gasteiger partial charge on any atom is 0.270 e. The maximum atomic E-state index is 11.4. The lowest BCUT2D eigenvalue weighted by Gasteiger charge is -2.45. The van der Waals surface area contributed by atoms with Crippen molar-refractivity contribution in [2.24, 2.45) is 0 Å². The Morgan fingerprint density at radius 2 is 1.45 bits per heavy atom. The van der Waals surface area contributed by atoms with E-state index in [1.807, 2.05) is 0 Å². The zero-order valence-electron chi connectivity index (χ0n) is 26.8. The number of aliphatic hydroxyl groups is 9. The molecule has 4 heterocycles. The minimum atomic E-state index is -1.91. The first-order valence-electron chi connectivity index (χ1n) is 16.0. The summed E-state index contributed by atoms with van der Waals surface area (Å²) in [7, 11) is 0. The van der Waals surface area contributed by atoms with Crippen LogP contribution in [0.2, 0.25) is 0 Å². The second-order valence-electron chi connectivity index (χ2n) is 12.7. The summed E-state index contributed by atoms with van der Waals surface area (Å²) in [4.78, 5) is 0. The van der Waals surface area contributed by atoms with Gasteiger partial charge in [-0.2, -0.15) is 0 Å². The van der Waals surface area contributed by atoms with Gasteiger partial charge in [-0.1, -0.05) is 0 Å². The lowest BCUT2D eigenvalue weighted by molar-refractivity contribution is -0.360. The van der Waals surface area contributed by atoms with Crippen molar-refractivity contribution in [2.45, 2.75) is 99.0 Å². The quantitative estimate of drug-likeness (QED) is 0.0950. The minimum absolute atomic E-state index is 0.0808. The SMILES string of the molecule is C[C@@H]1O[C@@H](OC[C@H]2O[C@H](OC3=Cc4c(O)cc(O)cc4[OH+]C3c3ccc(O)c(O)c3)[C@@H](O[C@@H]3OC[C@H](O)[C@H](O)[C@@H]3O)[C@@H](O)[C@@H]2O)[C@@H](O)[C@@H](O)[C@H]1O. The molecule has 0 saturated carbocycles. The third-order valence-electron chi connectivity index (χ3n) is 9.14. The van der Waals surface area contributed by atoms with E-state index in [4.69, 9.17) is 28.4 Å². The molecule has 0 aromatic heterocycles. The highest BCUT2D eigenvalue weighted by atomic mass is 16.8. The van der Waals surface area contributed by atoms with Crippen LogP contribution in [0.15, 0.2) is 36.1 Å². The summed E-state index contributed by atoms with van der Waals surface area (Å²) in [6.45, 7) is 0.357. The molecule has 1 unspecified atom stereocenters. The van der Waals surface area contributed by atoms with Gasteiger partial charge in [-0.05, 0) is 25.1 Å². The molecule has 13 N–H and O–H groups in total. The second kappa shape index (κ2) is 14.8. The summed E-state index contributed by atoms with van der Waals surface area (Å²) < 4.78 is 39.0. The van der Waals surface area contributed by atoms with E-state index < -0.39 is 123 Å². The molecule has 19 heteroatoms. The largest absolute Gasteiger partial charge is 0.571 e. The molecule has 15 atom stereocenters. The summed E-state index contributed by atoms with van der Waals surface area (Å²) in [5, 5.41) is 125. The first kappa shape index (κ1) is 37.2. The van der Waals surface area contributed by atoms with Crippen LogP contribution in [0.1, 0.15) is 24.2 Å². The lowest BCUT2D eigenvalue weighted by Crippen LogP contribution is -2.63. The van der Waals surface area contributed by atoms with E-state index in [9.17, 15) is 61.3 Å². The molecule has 3 saturated heterocycles. The fraction of sp³-hybridized carbons (Fsp3) is 0.562. The predicted octanol–water partition coefficient (Wildman–Crippen LogP) is -3.02. The van der Waals surface area contributed by atoms with Crippen molar-refractivity contribution in [3.8, 4) is 28.7 Å². The summed E-state index contributed by atoms with van der Waals surface area (Å²) in [6, 6.07) is 6.07. The first-order chi connectivity index (χ1) is 24.1. The molecule has 6 rings (SSSR count). The predicted molar refractivity (Wildman–Crippen MR) is 165 cm³/mol. The number of hydrogen-bond donors (Lipinski definition) is 12. The van der Waals surface area contributed by atoms with Crippen LogP contribution in [0.25, 0.3) is 6.08 Å². The Bertz CT molecular complexity index is 1570. The van der Waals surface area contributed by atoms with Crippen molar-refractivity contribution in [1.82, 2.24) is 0 Å². The van der Waals surface area contributed by atoms with Gasteiger partial charge in [0.05, 0.1) is 30.9 Å². The number of benzene rings is 2. The van der Waals surface area contributed by atoms with Gasteiger partial charge in [-0.3, -0.25) is 0 Å². The minimum Gasteiger partial charge on any atom is -0.571 e. The third-order valence-corrected chi connectivity index (χ3v) is 9.14. The van der Waals surface area contributed by atoms with E-state index in [1.54, 1.807) is 0 Å². The number of hydrogen-bond acceptors (Lipinski definition) is 18. The van der Waals surface area contributed by atoms with Crippen LogP contribution in [0.3, 0.4) is 0 Å². The number of rotatable bonds is 8. The summed E-state index contributed by atoms with van der Waals surface area (Å²) >= 11 is 0. The number of ether oxygens (including phenoxy) is 7. The normalized spacial score (nSPS) is 39.8. The number of fused-ring (bicyclic) bond motifs is 1. The van der Waals surface area contributed by atoms with Crippen LogP contribution in [0, 0.1) is 0 Å². The Morgan fingerprint density at radius 1 is 0.725 bits per heavy atom. The molecule has 4 aliphatic rings. The molecule has 19 nitrogen and oxygen atoms in total.